The zero-order valence-electron chi connectivity index (χ0n) is 12.9. The Kier molecular flexibility index (Phi) is 4.81. The normalized spacial score (nSPS) is 17.8. The lowest BCUT2D eigenvalue weighted by Gasteiger charge is -2.33. The van der Waals surface area contributed by atoms with Gasteiger partial charge in [0, 0.05) is 11.1 Å². The first-order valence-corrected chi connectivity index (χ1v) is 7.73. The molecular weight excluding hydrogens is 248 g/mol. The third-order valence-corrected chi connectivity index (χ3v) is 4.49. The third-order valence-electron chi connectivity index (χ3n) is 4.49. The minimum atomic E-state index is -0.239. The van der Waals surface area contributed by atoms with Gasteiger partial charge in [0.15, 0.2) is 0 Å². The van der Waals surface area contributed by atoms with Gasteiger partial charge in [0.25, 0.3) is 0 Å². The number of hydrogen-bond donors (Lipinski definition) is 2. The van der Waals surface area contributed by atoms with E-state index < -0.39 is 0 Å². The summed E-state index contributed by atoms with van der Waals surface area (Å²) < 4.78 is 0. The molecule has 1 fully saturated rings. The number of amides is 1. The van der Waals surface area contributed by atoms with Crippen molar-refractivity contribution in [2.45, 2.75) is 46.5 Å². The van der Waals surface area contributed by atoms with Crippen LogP contribution in [0.15, 0.2) is 18.2 Å². The van der Waals surface area contributed by atoms with Gasteiger partial charge in [-0.25, -0.2) is 0 Å². The van der Waals surface area contributed by atoms with Crippen molar-refractivity contribution in [3.8, 4) is 0 Å². The van der Waals surface area contributed by atoms with Gasteiger partial charge in [0.1, 0.15) is 0 Å². The number of piperidine rings is 1. The van der Waals surface area contributed by atoms with E-state index >= 15 is 0 Å². The third kappa shape index (κ3) is 3.04. The van der Waals surface area contributed by atoms with Crippen LogP contribution in [-0.2, 0) is 17.6 Å². The van der Waals surface area contributed by atoms with Gasteiger partial charge < -0.3 is 10.6 Å². The largest absolute Gasteiger partial charge is 0.325 e. The Morgan fingerprint density at radius 2 is 1.75 bits per heavy atom. The molecule has 1 aliphatic rings. The Balaban J connectivity index is 2.22. The lowest BCUT2D eigenvalue weighted by molar-refractivity contribution is -0.126. The summed E-state index contributed by atoms with van der Waals surface area (Å²) in [7, 11) is 0. The molecule has 1 saturated heterocycles. The molecule has 2 rings (SSSR count). The number of nitrogens with one attached hydrogen (secondary N) is 2. The summed E-state index contributed by atoms with van der Waals surface area (Å²) in [5.74, 6) is 0.176. The van der Waals surface area contributed by atoms with Gasteiger partial charge in [0.2, 0.25) is 5.91 Å². The Morgan fingerprint density at radius 3 is 2.25 bits per heavy atom. The molecule has 20 heavy (non-hydrogen) atoms. The van der Waals surface area contributed by atoms with Crippen molar-refractivity contribution in [1.82, 2.24) is 5.32 Å². The van der Waals surface area contributed by atoms with Crippen molar-refractivity contribution in [2.24, 2.45) is 5.41 Å². The SMILES string of the molecule is CCc1cccc(CC)c1NC(=O)C1(C)CCNCC1. The molecule has 3 heteroatoms. The highest BCUT2D eigenvalue weighted by atomic mass is 16.2. The first-order valence-electron chi connectivity index (χ1n) is 7.73. The quantitative estimate of drug-likeness (QED) is 0.885. The second-order valence-corrected chi connectivity index (χ2v) is 5.92. The van der Waals surface area contributed by atoms with E-state index in [1.54, 1.807) is 0 Å². The van der Waals surface area contributed by atoms with Crippen molar-refractivity contribution < 1.29 is 4.79 Å². The van der Waals surface area contributed by atoms with E-state index in [9.17, 15) is 4.79 Å². The molecular formula is C17H26N2O. The van der Waals surface area contributed by atoms with Gasteiger partial charge in [-0.1, -0.05) is 39.0 Å². The number of rotatable bonds is 4. The second kappa shape index (κ2) is 6.40. The Morgan fingerprint density at radius 1 is 1.20 bits per heavy atom. The molecule has 0 bridgehead atoms. The van der Waals surface area contributed by atoms with Crippen LogP contribution in [0, 0.1) is 5.41 Å². The van der Waals surface area contributed by atoms with E-state index in [4.69, 9.17) is 0 Å². The second-order valence-electron chi connectivity index (χ2n) is 5.92. The first-order chi connectivity index (χ1) is 9.60. The van der Waals surface area contributed by atoms with Crippen LogP contribution >= 0.6 is 0 Å². The van der Waals surface area contributed by atoms with E-state index in [0.29, 0.717) is 0 Å². The molecule has 1 aromatic carbocycles. The van der Waals surface area contributed by atoms with Gasteiger partial charge >= 0.3 is 0 Å². The molecule has 2 N–H and O–H groups in total. The van der Waals surface area contributed by atoms with Gasteiger partial charge in [-0.15, -0.1) is 0 Å². The Hall–Kier alpha value is -1.35. The van der Waals surface area contributed by atoms with E-state index in [1.165, 1.54) is 11.1 Å². The number of benzene rings is 1. The minimum absolute atomic E-state index is 0.176. The maximum Gasteiger partial charge on any atom is 0.230 e. The predicted molar refractivity (Wildman–Crippen MR) is 84.0 cm³/mol. The lowest BCUT2D eigenvalue weighted by atomic mass is 9.80. The monoisotopic (exact) mass is 274 g/mol. The molecule has 0 atom stereocenters. The lowest BCUT2D eigenvalue weighted by Crippen LogP contribution is -2.43. The first kappa shape index (κ1) is 15.0. The maximum absolute atomic E-state index is 12.7. The maximum atomic E-state index is 12.7. The Bertz CT molecular complexity index is 454. The summed E-state index contributed by atoms with van der Waals surface area (Å²) in [6, 6.07) is 6.30. The number of carbonyl (C=O) groups excluding carboxylic acids is 1. The summed E-state index contributed by atoms with van der Waals surface area (Å²) in [5, 5.41) is 6.55. The fourth-order valence-electron chi connectivity index (χ4n) is 2.87. The summed E-state index contributed by atoms with van der Waals surface area (Å²) in [6.07, 6.45) is 3.71. The molecule has 1 amide bonds. The highest BCUT2D eigenvalue weighted by Crippen LogP contribution is 2.31. The summed E-state index contributed by atoms with van der Waals surface area (Å²) in [6.45, 7) is 8.22. The smallest absolute Gasteiger partial charge is 0.230 e. The van der Waals surface area contributed by atoms with Crippen molar-refractivity contribution in [3.05, 3.63) is 29.3 Å². The zero-order valence-corrected chi connectivity index (χ0v) is 12.9. The van der Waals surface area contributed by atoms with Crippen molar-refractivity contribution in [3.63, 3.8) is 0 Å². The predicted octanol–water partition coefficient (Wildman–Crippen LogP) is 3.14. The van der Waals surface area contributed by atoms with Gasteiger partial charge in [-0.2, -0.15) is 0 Å². The van der Waals surface area contributed by atoms with Crippen LogP contribution in [0.4, 0.5) is 5.69 Å². The molecule has 1 aromatic rings. The topological polar surface area (TPSA) is 41.1 Å². The van der Waals surface area contributed by atoms with E-state index in [-0.39, 0.29) is 11.3 Å². The molecule has 1 aliphatic heterocycles. The summed E-state index contributed by atoms with van der Waals surface area (Å²) >= 11 is 0. The molecule has 0 aromatic heterocycles. The van der Waals surface area contributed by atoms with Crippen LogP contribution < -0.4 is 10.6 Å². The highest BCUT2D eigenvalue weighted by Gasteiger charge is 2.34. The number of para-hydroxylation sites is 1. The van der Waals surface area contributed by atoms with Gasteiger partial charge in [-0.3, -0.25) is 4.79 Å². The molecule has 3 nitrogen and oxygen atoms in total. The average Bonchev–Trinajstić information content (AvgIpc) is 2.48. The van der Waals surface area contributed by atoms with Crippen molar-refractivity contribution >= 4 is 11.6 Å². The molecule has 0 aliphatic carbocycles. The van der Waals surface area contributed by atoms with Crippen LogP contribution in [0.5, 0.6) is 0 Å². The number of aryl methyl sites for hydroxylation is 2. The number of hydrogen-bond acceptors (Lipinski definition) is 2. The zero-order chi connectivity index (χ0) is 14.6. The summed E-state index contributed by atoms with van der Waals surface area (Å²) in [5.41, 5.74) is 3.27. The fourth-order valence-corrected chi connectivity index (χ4v) is 2.87. The highest BCUT2D eigenvalue weighted by molar-refractivity contribution is 5.96. The molecule has 0 unspecified atom stereocenters. The van der Waals surface area contributed by atoms with Crippen molar-refractivity contribution in [1.29, 1.82) is 0 Å². The van der Waals surface area contributed by atoms with E-state index in [2.05, 4.69) is 49.6 Å². The van der Waals surface area contributed by atoms with Crippen LogP contribution in [0.25, 0.3) is 0 Å². The average molecular weight is 274 g/mol. The van der Waals surface area contributed by atoms with Crippen LogP contribution in [-0.4, -0.2) is 19.0 Å². The van der Waals surface area contributed by atoms with Crippen LogP contribution in [0.2, 0.25) is 0 Å². The molecule has 0 radical (unpaired) electrons. The van der Waals surface area contributed by atoms with Crippen LogP contribution in [0.1, 0.15) is 44.7 Å². The van der Waals surface area contributed by atoms with Crippen molar-refractivity contribution in [2.75, 3.05) is 18.4 Å². The van der Waals surface area contributed by atoms with Gasteiger partial charge in [-0.05, 0) is 49.9 Å². The molecule has 0 spiro atoms. The number of carbonyl (C=O) groups is 1. The van der Waals surface area contributed by atoms with Crippen LogP contribution in [0.3, 0.4) is 0 Å². The fraction of sp³-hybridized carbons (Fsp3) is 0.588. The minimum Gasteiger partial charge on any atom is -0.325 e. The van der Waals surface area contributed by atoms with E-state index in [0.717, 1.165) is 44.5 Å². The molecule has 0 saturated carbocycles. The molecule has 1 heterocycles. The number of anilines is 1. The molecule has 110 valence electrons. The van der Waals surface area contributed by atoms with E-state index in [1.807, 2.05) is 0 Å². The Labute approximate surface area is 122 Å². The summed E-state index contributed by atoms with van der Waals surface area (Å²) in [4.78, 5) is 12.7. The van der Waals surface area contributed by atoms with Gasteiger partial charge in [0.05, 0.1) is 0 Å². The standard InChI is InChI=1S/C17H26N2O/c1-4-13-7-6-8-14(5-2)15(13)19-16(20)17(3)9-11-18-12-10-17/h6-8,18H,4-5,9-12H2,1-3H3,(H,19,20).